The van der Waals surface area contributed by atoms with Crippen LogP contribution >= 0.6 is 11.6 Å². The maximum atomic E-state index is 14.3. The Balaban J connectivity index is 1.78. The van der Waals surface area contributed by atoms with E-state index in [0.717, 1.165) is 11.1 Å². The number of hydrogen-bond donors (Lipinski definition) is 1. The van der Waals surface area contributed by atoms with Crippen LogP contribution in [0.2, 0.25) is 5.02 Å². The zero-order chi connectivity index (χ0) is 20.5. The molecule has 0 saturated carbocycles. The van der Waals surface area contributed by atoms with E-state index in [9.17, 15) is 9.18 Å². The highest BCUT2D eigenvalue weighted by Gasteiger charge is 2.21. The molecule has 1 fully saturated rings. The fraction of sp³-hybridized carbons (Fsp3) is 0.333. The van der Waals surface area contributed by atoms with E-state index < -0.39 is 5.82 Å². The Bertz CT molecular complexity index is 1110. The van der Waals surface area contributed by atoms with Gasteiger partial charge in [-0.25, -0.2) is 4.39 Å². The van der Waals surface area contributed by atoms with Crippen LogP contribution in [0, 0.1) is 12.7 Å². The van der Waals surface area contributed by atoms with Crippen LogP contribution in [0.25, 0.3) is 11.0 Å². The molecular formula is C21H21ClFN3O3. The van der Waals surface area contributed by atoms with E-state index in [1.807, 2.05) is 24.8 Å². The topological polar surface area (TPSA) is 67.6 Å². The average molecular weight is 418 g/mol. The second kappa shape index (κ2) is 8.00. The normalized spacial score (nSPS) is 15.5. The number of aryl methyl sites for hydroxylation is 1. The number of nitrogens with zero attached hydrogens (tertiary/aromatic N) is 2. The minimum absolute atomic E-state index is 0.0432. The van der Waals surface area contributed by atoms with Gasteiger partial charge in [-0.1, -0.05) is 23.7 Å². The van der Waals surface area contributed by atoms with E-state index in [1.54, 1.807) is 18.2 Å². The molecule has 29 heavy (non-hydrogen) atoms. The van der Waals surface area contributed by atoms with E-state index in [0.29, 0.717) is 37.3 Å². The molecule has 1 unspecified atom stereocenters. The SMILES string of the molecule is Cc1cc(C(C)Nc2cccc(Cl)c2F)c2oc(N3CCOCC3)nc(=O)c2c1. The summed E-state index contributed by atoms with van der Waals surface area (Å²) in [5.41, 5.74) is 2.01. The Labute approximate surface area is 172 Å². The van der Waals surface area contributed by atoms with Gasteiger partial charge in [-0.15, -0.1) is 0 Å². The predicted molar refractivity (Wildman–Crippen MR) is 111 cm³/mol. The molecule has 152 valence electrons. The van der Waals surface area contributed by atoms with Gasteiger partial charge in [0.25, 0.3) is 5.56 Å². The Morgan fingerprint density at radius 2 is 2.03 bits per heavy atom. The van der Waals surface area contributed by atoms with Gasteiger partial charge in [0, 0.05) is 18.7 Å². The largest absolute Gasteiger partial charge is 0.424 e. The van der Waals surface area contributed by atoms with E-state index in [-0.39, 0.29) is 28.3 Å². The van der Waals surface area contributed by atoms with Gasteiger partial charge >= 0.3 is 6.01 Å². The van der Waals surface area contributed by atoms with E-state index in [1.165, 1.54) is 6.07 Å². The third-order valence-electron chi connectivity index (χ3n) is 4.95. The van der Waals surface area contributed by atoms with Crippen LogP contribution in [-0.4, -0.2) is 31.3 Å². The van der Waals surface area contributed by atoms with Gasteiger partial charge in [0.15, 0.2) is 5.82 Å². The number of morpholine rings is 1. The van der Waals surface area contributed by atoms with E-state index in [4.69, 9.17) is 20.8 Å². The summed E-state index contributed by atoms with van der Waals surface area (Å²) in [6, 6.07) is 8.41. The lowest BCUT2D eigenvalue weighted by Crippen LogP contribution is -2.37. The lowest BCUT2D eigenvalue weighted by atomic mass is 10.0. The fourth-order valence-electron chi connectivity index (χ4n) is 3.47. The van der Waals surface area contributed by atoms with Crippen LogP contribution < -0.4 is 15.8 Å². The molecule has 0 radical (unpaired) electrons. The van der Waals surface area contributed by atoms with Crippen molar-refractivity contribution in [3.8, 4) is 0 Å². The summed E-state index contributed by atoms with van der Waals surface area (Å²) in [6.07, 6.45) is 0. The summed E-state index contributed by atoms with van der Waals surface area (Å²) in [7, 11) is 0. The fourth-order valence-corrected chi connectivity index (χ4v) is 3.65. The van der Waals surface area contributed by atoms with Crippen molar-refractivity contribution >= 4 is 34.3 Å². The van der Waals surface area contributed by atoms with Gasteiger partial charge in [-0.3, -0.25) is 4.79 Å². The molecule has 1 aliphatic heterocycles. The number of aromatic nitrogens is 1. The van der Waals surface area contributed by atoms with Crippen molar-refractivity contribution in [2.24, 2.45) is 0 Å². The number of nitrogens with one attached hydrogen (secondary N) is 1. The van der Waals surface area contributed by atoms with Crippen molar-refractivity contribution in [1.82, 2.24) is 4.98 Å². The van der Waals surface area contributed by atoms with Crippen molar-refractivity contribution in [1.29, 1.82) is 0 Å². The molecule has 8 heteroatoms. The molecular weight excluding hydrogens is 397 g/mol. The van der Waals surface area contributed by atoms with Crippen LogP contribution in [0.15, 0.2) is 39.5 Å². The number of halogens is 2. The molecule has 2 aromatic carbocycles. The quantitative estimate of drug-likeness (QED) is 0.682. The second-order valence-electron chi connectivity index (χ2n) is 7.10. The number of ether oxygens (including phenoxy) is 1. The monoisotopic (exact) mass is 417 g/mol. The smallest absolute Gasteiger partial charge is 0.301 e. The van der Waals surface area contributed by atoms with Crippen LogP contribution in [0.3, 0.4) is 0 Å². The number of rotatable bonds is 4. The molecule has 1 N–H and O–H groups in total. The molecule has 1 aliphatic rings. The molecule has 3 aromatic rings. The van der Waals surface area contributed by atoms with Crippen LogP contribution in [0.1, 0.15) is 24.1 Å². The summed E-state index contributed by atoms with van der Waals surface area (Å²) in [5.74, 6) is -0.518. The lowest BCUT2D eigenvalue weighted by Gasteiger charge is -2.26. The molecule has 0 amide bonds. The molecule has 1 saturated heterocycles. The van der Waals surface area contributed by atoms with Gasteiger partial charge in [0.05, 0.1) is 35.4 Å². The Morgan fingerprint density at radius 3 is 2.79 bits per heavy atom. The van der Waals surface area contributed by atoms with Gasteiger partial charge < -0.3 is 19.4 Å². The van der Waals surface area contributed by atoms with Gasteiger partial charge in [0.2, 0.25) is 0 Å². The molecule has 0 spiro atoms. The Hall–Kier alpha value is -2.64. The first-order valence-corrected chi connectivity index (χ1v) is 9.80. The van der Waals surface area contributed by atoms with Crippen molar-refractivity contribution in [2.45, 2.75) is 19.9 Å². The van der Waals surface area contributed by atoms with Gasteiger partial charge in [0.1, 0.15) is 5.58 Å². The first-order valence-electron chi connectivity index (χ1n) is 9.42. The molecule has 0 bridgehead atoms. The van der Waals surface area contributed by atoms with Gasteiger partial charge in [-0.2, -0.15) is 4.98 Å². The summed E-state index contributed by atoms with van der Waals surface area (Å²) in [6.45, 7) is 6.08. The van der Waals surface area contributed by atoms with Crippen LogP contribution in [-0.2, 0) is 4.74 Å². The molecule has 1 aromatic heterocycles. The minimum atomic E-state index is -0.518. The molecule has 0 aliphatic carbocycles. The predicted octanol–water partition coefficient (Wildman–Crippen LogP) is 4.30. The second-order valence-corrected chi connectivity index (χ2v) is 7.51. The molecule has 4 rings (SSSR count). The molecule has 2 heterocycles. The van der Waals surface area contributed by atoms with E-state index >= 15 is 0 Å². The van der Waals surface area contributed by atoms with Crippen LogP contribution in [0.5, 0.6) is 0 Å². The Morgan fingerprint density at radius 1 is 1.28 bits per heavy atom. The van der Waals surface area contributed by atoms with Crippen molar-refractivity contribution in [3.63, 3.8) is 0 Å². The third-order valence-corrected chi connectivity index (χ3v) is 5.25. The highest BCUT2D eigenvalue weighted by Crippen LogP contribution is 2.31. The number of fused-ring (bicyclic) bond motifs is 1. The molecule has 6 nitrogen and oxygen atoms in total. The zero-order valence-corrected chi connectivity index (χ0v) is 16.9. The molecule has 1 atom stereocenters. The van der Waals surface area contributed by atoms with E-state index in [2.05, 4.69) is 10.3 Å². The van der Waals surface area contributed by atoms with Crippen molar-refractivity contribution < 1.29 is 13.5 Å². The maximum absolute atomic E-state index is 14.3. The number of benzene rings is 2. The summed E-state index contributed by atoms with van der Waals surface area (Å²) < 4.78 is 25.8. The number of anilines is 2. The average Bonchev–Trinajstić information content (AvgIpc) is 2.72. The summed E-state index contributed by atoms with van der Waals surface area (Å²) in [4.78, 5) is 18.7. The van der Waals surface area contributed by atoms with Crippen LogP contribution in [0.4, 0.5) is 16.1 Å². The highest BCUT2D eigenvalue weighted by atomic mass is 35.5. The van der Waals surface area contributed by atoms with Crippen molar-refractivity contribution in [3.05, 3.63) is 62.7 Å². The maximum Gasteiger partial charge on any atom is 0.301 e. The van der Waals surface area contributed by atoms with Crippen molar-refractivity contribution in [2.75, 3.05) is 36.5 Å². The summed E-state index contributed by atoms with van der Waals surface area (Å²) >= 11 is 5.89. The minimum Gasteiger partial charge on any atom is -0.424 e. The van der Waals surface area contributed by atoms with Gasteiger partial charge in [-0.05, 0) is 37.6 Å². The first kappa shape index (κ1) is 19.7. The zero-order valence-electron chi connectivity index (χ0n) is 16.2. The summed E-state index contributed by atoms with van der Waals surface area (Å²) in [5, 5.41) is 3.57. The highest BCUT2D eigenvalue weighted by molar-refractivity contribution is 6.31. The third kappa shape index (κ3) is 3.93. The Kier molecular flexibility index (Phi) is 5.43. The first-order chi connectivity index (χ1) is 13.9. The standard InChI is InChI=1S/C21H21ClFN3O3/c1-12-10-14(13(2)24-17-5-3-4-16(22)18(17)23)19-15(11-12)20(27)25-21(29-19)26-6-8-28-9-7-26/h3-5,10-11,13,24H,6-9H2,1-2H3. The lowest BCUT2D eigenvalue weighted by molar-refractivity contribution is 0.120. The number of hydrogen-bond acceptors (Lipinski definition) is 6.